The van der Waals surface area contributed by atoms with Gasteiger partial charge in [0.05, 0.1) is 0 Å². The van der Waals surface area contributed by atoms with Gasteiger partial charge < -0.3 is 0 Å². The monoisotopic (exact) mass is 879 g/mol. The fourth-order valence-electron chi connectivity index (χ4n) is 10.9. The molecule has 69 heavy (non-hydrogen) atoms. The van der Waals surface area contributed by atoms with Gasteiger partial charge in [-0.25, -0.2) is 15.0 Å². The van der Waals surface area contributed by atoms with Crippen LogP contribution in [-0.4, -0.2) is 15.0 Å². The highest BCUT2D eigenvalue weighted by atomic mass is 15.0. The highest BCUT2D eigenvalue weighted by Gasteiger charge is 2.36. The van der Waals surface area contributed by atoms with Gasteiger partial charge in [-0.1, -0.05) is 220 Å². The van der Waals surface area contributed by atoms with Crippen LogP contribution < -0.4 is 0 Å². The van der Waals surface area contributed by atoms with E-state index in [1.54, 1.807) is 0 Å². The van der Waals surface area contributed by atoms with E-state index in [1.807, 2.05) is 36.4 Å². The number of fused-ring (bicyclic) bond motifs is 9. The summed E-state index contributed by atoms with van der Waals surface area (Å²) in [5, 5.41) is 7.05. The molecule has 13 rings (SSSR count). The molecule has 3 nitrogen and oxygen atoms in total. The summed E-state index contributed by atoms with van der Waals surface area (Å²) >= 11 is 0. The van der Waals surface area contributed by atoms with Crippen LogP contribution in [0.5, 0.6) is 0 Å². The van der Waals surface area contributed by atoms with Crippen LogP contribution >= 0.6 is 0 Å². The molecule has 0 amide bonds. The number of benzene rings is 11. The summed E-state index contributed by atoms with van der Waals surface area (Å²) in [4.78, 5) is 15.7. The van der Waals surface area contributed by atoms with Crippen molar-refractivity contribution in [3.63, 3.8) is 0 Å². The second-order valence-electron chi connectivity index (χ2n) is 18.7. The number of hydrogen-bond acceptors (Lipinski definition) is 3. The zero-order valence-corrected chi connectivity index (χ0v) is 38.4. The first-order valence-electron chi connectivity index (χ1n) is 23.8. The van der Waals surface area contributed by atoms with Gasteiger partial charge in [0, 0.05) is 27.5 Å². The van der Waals surface area contributed by atoms with E-state index in [-0.39, 0.29) is 5.41 Å². The maximum absolute atomic E-state index is 5.31. The summed E-state index contributed by atoms with van der Waals surface area (Å²) in [7, 11) is 0. The molecule has 11 aromatic carbocycles. The van der Waals surface area contributed by atoms with Crippen molar-refractivity contribution < 1.29 is 0 Å². The predicted molar refractivity (Wildman–Crippen MR) is 288 cm³/mol. The summed E-state index contributed by atoms with van der Waals surface area (Å²) in [6, 6.07) is 85.3. The maximum atomic E-state index is 5.31. The first-order chi connectivity index (χ1) is 34.0. The molecule has 1 aliphatic rings. The third kappa shape index (κ3) is 6.85. The van der Waals surface area contributed by atoms with E-state index in [0.29, 0.717) is 17.5 Å². The van der Waals surface area contributed by atoms with Crippen molar-refractivity contribution >= 4 is 32.3 Å². The summed E-state index contributed by atoms with van der Waals surface area (Å²) in [5.74, 6) is 1.91. The Bertz CT molecular complexity index is 3920. The summed E-state index contributed by atoms with van der Waals surface area (Å²) in [5.41, 5.74) is 17.6. The van der Waals surface area contributed by atoms with Gasteiger partial charge in [-0.2, -0.15) is 0 Å². The molecule has 12 aromatic rings. The van der Waals surface area contributed by atoms with E-state index in [0.717, 1.165) is 55.1 Å². The van der Waals surface area contributed by atoms with E-state index in [4.69, 9.17) is 15.0 Å². The molecule has 1 heterocycles. The van der Waals surface area contributed by atoms with Gasteiger partial charge in [0.25, 0.3) is 0 Å². The molecule has 324 valence electrons. The fourth-order valence-corrected chi connectivity index (χ4v) is 10.9. The van der Waals surface area contributed by atoms with Crippen molar-refractivity contribution in [2.24, 2.45) is 0 Å². The normalized spacial score (nSPS) is 12.6. The first kappa shape index (κ1) is 40.5. The van der Waals surface area contributed by atoms with Crippen molar-refractivity contribution in [2.75, 3.05) is 0 Å². The van der Waals surface area contributed by atoms with Gasteiger partial charge >= 0.3 is 0 Å². The van der Waals surface area contributed by atoms with Crippen LogP contribution in [0.15, 0.2) is 237 Å². The molecule has 0 aliphatic heterocycles. The zero-order valence-electron chi connectivity index (χ0n) is 38.4. The van der Waals surface area contributed by atoms with Gasteiger partial charge in [-0.15, -0.1) is 0 Å². The lowest BCUT2D eigenvalue weighted by Crippen LogP contribution is -2.14. The molecule has 0 saturated carbocycles. The molecule has 3 heteroatoms. The number of hydrogen-bond donors (Lipinski definition) is 0. The minimum atomic E-state index is -0.0520. The third-order valence-electron chi connectivity index (χ3n) is 14.3. The molecule has 0 radical (unpaired) electrons. The van der Waals surface area contributed by atoms with Gasteiger partial charge in [-0.05, 0) is 124 Å². The minimum Gasteiger partial charge on any atom is -0.208 e. The number of rotatable bonds is 7. The van der Waals surface area contributed by atoms with E-state index < -0.39 is 0 Å². The molecule has 1 aliphatic carbocycles. The first-order valence-corrected chi connectivity index (χ1v) is 23.8. The van der Waals surface area contributed by atoms with Crippen LogP contribution in [-0.2, 0) is 5.41 Å². The molecular weight excluding hydrogens is 835 g/mol. The van der Waals surface area contributed by atoms with Gasteiger partial charge in [-0.3, -0.25) is 0 Å². The third-order valence-corrected chi connectivity index (χ3v) is 14.3. The van der Waals surface area contributed by atoms with Gasteiger partial charge in [0.1, 0.15) is 0 Å². The average Bonchev–Trinajstić information content (AvgIpc) is 3.66. The molecule has 0 bridgehead atoms. The second kappa shape index (κ2) is 16.2. The Morgan fingerprint density at radius 1 is 0.261 bits per heavy atom. The Morgan fingerprint density at radius 2 is 0.667 bits per heavy atom. The highest BCUT2D eigenvalue weighted by Crippen LogP contribution is 2.52. The van der Waals surface area contributed by atoms with Gasteiger partial charge in [0.15, 0.2) is 17.5 Å². The Kier molecular flexibility index (Phi) is 9.52. The molecule has 0 N–H and O–H groups in total. The van der Waals surface area contributed by atoms with Crippen molar-refractivity contribution in [1.29, 1.82) is 0 Å². The molecule has 0 saturated heterocycles. The molecule has 0 fully saturated rings. The van der Waals surface area contributed by atoms with Crippen molar-refractivity contribution in [3.8, 4) is 89.8 Å². The SMILES string of the molecule is CC1(C)c2ccccc2-c2c(-c3cccc(-c4cccc(-c5cccc(-c6cc(-c7nc(-c8ccccc8)nc(-c8ccccc8)n7)c7c8ccccc8c8ccccc8c7c6)c5)c4)c3)cccc21. The zero-order chi connectivity index (χ0) is 46.1. The smallest absolute Gasteiger partial charge is 0.164 e. The Morgan fingerprint density at radius 3 is 1.28 bits per heavy atom. The number of aromatic nitrogens is 3. The molecule has 0 spiro atoms. The molecular formula is C66H45N3. The second-order valence-corrected chi connectivity index (χ2v) is 18.7. The summed E-state index contributed by atoms with van der Waals surface area (Å²) in [6.07, 6.45) is 0. The Hall–Kier alpha value is -8.79. The van der Waals surface area contributed by atoms with E-state index in [1.165, 1.54) is 60.7 Å². The Balaban J connectivity index is 0.960. The van der Waals surface area contributed by atoms with Crippen LogP contribution in [0.1, 0.15) is 25.0 Å². The van der Waals surface area contributed by atoms with Crippen LogP contribution in [0, 0.1) is 0 Å². The largest absolute Gasteiger partial charge is 0.208 e. The van der Waals surface area contributed by atoms with Gasteiger partial charge in [0.2, 0.25) is 0 Å². The average molecular weight is 880 g/mol. The van der Waals surface area contributed by atoms with Crippen LogP contribution in [0.2, 0.25) is 0 Å². The van der Waals surface area contributed by atoms with E-state index >= 15 is 0 Å². The van der Waals surface area contributed by atoms with E-state index in [2.05, 4.69) is 214 Å². The highest BCUT2D eigenvalue weighted by molar-refractivity contribution is 6.29. The standard InChI is InChI=1S/C66H45N3/c1-66(2)59-35-14-13-33-56(59)62-51(34-18-36-60(62)66)49-28-17-26-47(39-49)45-24-15-23-44(37-45)46-25-16-27-48(38-46)50-40-57-54-31-10-9-29-52(54)53-30-11-12-32-55(53)61(57)58(41-50)65-68-63(42-19-5-3-6-20-42)67-64(69-65)43-21-7-4-8-22-43/h3-41H,1-2H3. The quantitative estimate of drug-likeness (QED) is 0.150. The maximum Gasteiger partial charge on any atom is 0.164 e. The topological polar surface area (TPSA) is 38.7 Å². The van der Waals surface area contributed by atoms with Crippen molar-refractivity contribution in [1.82, 2.24) is 15.0 Å². The summed E-state index contributed by atoms with van der Waals surface area (Å²) < 4.78 is 0. The predicted octanol–water partition coefficient (Wildman–Crippen LogP) is 17.3. The number of nitrogens with zero attached hydrogens (tertiary/aromatic N) is 3. The van der Waals surface area contributed by atoms with Crippen LogP contribution in [0.3, 0.4) is 0 Å². The van der Waals surface area contributed by atoms with Crippen molar-refractivity contribution in [3.05, 3.63) is 248 Å². The lowest BCUT2D eigenvalue weighted by molar-refractivity contribution is 0.660. The molecule has 0 unspecified atom stereocenters. The van der Waals surface area contributed by atoms with Crippen molar-refractivity contribution in [2.45, 2.75) is 19.3 Å². The Labute approximate surface area is 402 Å². The van der Waals surface area contributed by atoms with Crippen LogP contribution in [0.25, 0.3) is 122 Å². The van der Waals surface area contributed by atoms with E-state index in [9.17, 15) is 0 Å². The minimum absolute atomic E-state index is 0.0520. The molecule has 0 atom stereocenters. The lowest BCUT2D eigenvalue weighted by atomic mass is 9.82. The fraction of sp³-hybridized carbons (Fsp3) is 0.0455. The van der Waals surface area contributed by atoms with Crippen LogP contribution in [0.4, 0.5) is 0 Å². The summed E-state index contributed by atoms with van der Waals surface area (Å²) in [6.45, 7) is 4.69. The lowest BCUT2D eigenvalue weighted by Gasteiger charge is -2.21. The molecule has 1 aromatic heterocycles.